The van der Waals surface area contributed by atoms with Crippen LogP contribution in [0.2, 0.25) is 0 Å². The second kappa shape index (κ2) is 9.92. The molecule has 0 spiro atoms. The predicted octanol–water partition coefficient (Wildman–Crippen LogP) is 12.7. The summed E-state index contributed by atoms with van der Waals surface area (Å²) in [6.07, 6.45) is 0. The zero-order chi connectivity index (χ0) is 30.1. The number of nitrogens with zero attached hydrogens (tertiary/aromatic N) is 1. The van der Waals surface area contributed by atoms with Crippen molar-refractivity contribution in [2.24, 2.45) is 0 Å². The molecule has 1 nitrogen and oxygen atoms in total. The number of rotatable bonds is 4. The van der Waals surface area contributed by atoms with Crippen molar-refractivity contribution in [3.63, 3.8) is 0 Å². The summed E-state index contributed by atoms with van der Waals surface area (Å²) in [4.78, 5) is 2.43. The lowest BCUT2D eigenvalue weighted by Crippen LogP contribution is -2.15. The number of benzene rings is 7. The number of fused-ring (bicyclic) bond motifs is 7. The number of hydrogen-bond acceptors (Lipinski definition) is 2. The Hall–Kier alpha value is -5.18. The lowest BCUT2D eigenvalue weighted by molar-refractivity contribution is 0.660. The molecule has 0 atom stereocenters. The zero-order valence-electron chi connectivity index (χ0n) is 25.3. The molecule has 0 radical (unpaired) electrons. The largest absolute Gasteiger partial charge is 0.310 e. The molecule has 9 rings (SSSR count). The van der Waals surface area contributed by atoms with Gasteiger partial charge in [0.05, 0.1) is 5.69 Å². The van der Waals surface area contributed by atoms with E-state index in [0.29, 0.717) is 0 Å². The van der Waals surface area contributed by atoms with Gasteiger partial charge in [0.2, 0.25) is 0 Å². The molecular formula is C43H31NS. The fraction of sp³-hybridized carbons (Fsp3) is 0.0698. The molecule has 0 saturated heterocycles. The topological polar surface area (TPSA) is 3.24 Å². The fourth-order valence-electron chi connectivity index (χ4n) is 7.44. The van der Waals surface area contributed by atoms with Crippen LogP contribution in [0.15, 0.2) is 152 Å². The standard InChI is InChI=1S/C43H31NS/c1-43(2)38-18-7-5-14-34(38)37-27-31(25-26-39(37)43)44(40-19-9-12-28-11-3-4-13-32(28)40)30-23-21-29(22-24-30)33-16-10-17-36-35-15-6-8-20-41(35)45-42(33)36/h3-27H,1-2H3. The Morgan fingerprint density at radius 3 is 2.02 bits per heavy atom. The van der Waals surface area contributed by atoms with Crippen LogP contribution in [0.3, 0.4) is 0 Å². The van der Waals surface area contributed by atoms with Gasteiger partial charge in [-0.3, -0.25) is 0 Å². The van der Waals surface area contributed by atoms with Gasteiger partial charge in [0.15, 0.2) is 0 Å². The summed E-state index contributed by atoms with van der Waals surface area (Å²) < 4.78 is 2.68. The van der Waals surface area contributed by atoms with Gasteiger partial charge < -0.3 is 4.90 Å². The van der Waals surface area contributed by atoms with Crippen molar-refractivity contribution in [1.82, 2.24) is 0 Å². The smallest absolute Gasteiger partial charge is 0.0540 e. The first kappa shape index (κ1) is 26.2. The van der Waals surface area contributed by atoms with Gasteiger partial charge in [-0.1, -0.05) is 129 Å². The summed E-state index contributed by atoms with van der Waals surface area (Å²) in [6.45, 7) is 4.69. The second-order valence-corrected chi connectivity index (χ2v) is 13.6. The molecular weight excluding hydrogens is 563 g/mol. The van der Waals surface area contributed by atoms with Crippen molar-refractivity contribution in [1.29, 1.82) is 0 Å². The molecule has 0 bridgehead atoms. The van der Waals surface area contributed by atoms with E-state index in [1.54, 1.807) is 0 Å². The van der Waals surface area contributed by atoms with E-state index in [9.17, 15) is 0 Å². The molecule has 2 heteroatoms. The molecule has 0 aliphatic heterocycles. The summed E-state index contributed by atoms with van der Waals surface area (Å²) in [7, 11) is 0. The molecule has 1 aliphatic rings. The molecule has 8 aromatic rings. The van der Waals surface area contributed by atoms with E-state index >= 15 is 0 Å². The third kappa shape index (κ3) is 3.99. The van der Waals surface area contributed by atoms with Crippen LogP contribution in [-0.2, 0) is 5.41 Å². The highest BCUT2D eigenvalue weighted by Gasteiger charge is 2.35. The van der Waals surface area contributed by atoms with Gasteiger partial charge in [-0.05, 0) is 75.2 Å². The van der Waals surface area contributed by atoms with Crippen LogP contribution in [0.4, 0.5) is 17.1 Å². The normalized spacial score (nSPS) is 13.3. The Morgan fingerprint density at radius 2 is 1.13 bits per heavy atom. The van der Waals surface area contributed by atoms with E-state index in [4.69, 9.17) is 0 Å². The van der Waals surface area contributed by atoms with Crippen LogP contribution in [-0.4, -0.2) is 0 Å². The third-order valence-electron chi connectivity index (χ3n) is 9.67. The molecule has 0 amide bonds. The maximum Gasteiger partial charge on any atom is 0.0540 e. The van der Waals surface area contributed by atoms with Gasteiger partial charge in [-0.15, -0.1) is 11.3 Å². The first-order valence-electron chi connectivity index (χ1n) is 15.6. The summed E-state index contributed by atoms with van der Waals surface area (Å²) >= 11 is 1.88. The quantitative estimate of drug-likeness (QED) is 0.196. The van der Waals surface area contributed by atoms with Crippen molar-refractivity contribution >= 4 is 59.3 Å². The van der Waals surface area contributed by atoms with E-state index in [1.165, 1.54) is 70.0 Å². The van der Waals surface area contributed by atoms with E-state index in [2.05, 4.69) is 170 Å². The molecule has 0 fully saturated rings. The first-order valence-corrected chi connectivity index (χ1v) is 16.4. The minimum absolute atomic E-state index is 0.0238. The van der Waals surface area contributed by atoms with Crippen LogP contribution >= 0.6 is 11.3 Å². The van der Waals surface area contributed by atoms with Gasteiger partial charge in [-0.2, -0.15) is 0 Å². The van der Waals surface area contributed by atoms with Crippen molar-refractivity contribution in [3.05, 3.63) is 163 Å². The fourth-order valence-corrected chi connectivity index (χ4v) is 8.68. The molecule has 1 aliphatic carbocycles. The highest BCUT2D eigenvalue weighted by Crippen LogP contribution is 2.51. The molecule has 7 aromatic carbocycles. The van der Waals surface area contributed by atoms with E-state index in [-0.39, 0.29) is 5.41 Å². The molecule has 1 heterocycles. The highest BCUT2D eigenvalue weighted by molar-refractivity contribution is 7.26. The Balaban J connectivity index is 1.22. The first-order chi connectivity index (χ1) is 22.1. The Labute approximate surface area is 267 Å². The van der Waals surface area contributed by atoms with Gasteiger partial charge in [-0.25, -0.2) is 0 Å². The third-order valence-corrected chi connectivity index (χ3v) is 10.9. The van der Waals surface area contributed by atoms with Gasteiger partial charge >= 0.3 is 0 Å². The molecule has 45 heavy (non-hydrogen) atoms. The number of hydrogen-bond donors (Lipinski definition) is 0. The number of thiophene rings is 1. The van der Waals surface area contributed by atoms with Crippen LogP contribution in [0.5, 0.6) is 0 Å². The average Bonchev–Trinajstić information content (AvgIpc) is 3.58. The lowest BCUT2D eigenvalue weighted by atomic mass is 9.82. The Bertz CT molecular complexity index is 2410. The summed E-state index contributed by atoms with van der Waals surface area (Å²) in [5.74, 6) is 0. The summed E-state index contributed by atoms with van der Waals surface area (Å²) in [6, 6.07) is 55.8. The maximum atomic E-state index is 2.43. The maximum absolute atomic E-state index is 2.43. The van der Waals surface area contributed by atoms with E-state index in [1.807, 2.05) is 11.3 Å². The second-order valence-electron chi connectivity index (χ2n) is 12.6. The Kier molecular flexibility index (Phi) is 5.78. The average molecular weight is 594 g/mol. The van der Waals surface area contributed by atoms with Crippen molar-refractivity contribution in [3.8, 4) is 22.3 Å². The summed E-state index contributed by atoms with van der Waals surface area (Å²) in [5, 5.41) is 5.14. The molecule has 0 unspecified atom stereocenters. The van der Waals surface area contributed by atoms with Crippen molar-refractivity contribution < 1.29 is 0 Å². The SMILES string of the molecule is CC1(C)c2ccccc2-c2cc(N(c3ccc(-c4cccc5c4sc4ccccc45)cc3)c3cccc4ccccc34)ccc21. The van der Waals surface area contributed by atoms with E-state index in [0.717, 1.165) is 11.4 Å². The molecule has 1 aromatic heterocycles. The van der Waals surface area contributed by atoms with Gasteiger partial charge in [0, 0.05) is 42.3 Å². The summed E-state index contributed by atoms with van der Waals surface area (Å²) in [5.41, 5.74) is 11.4. The molecule has 214 valence electrons. The van der Waals surface area contributed by atoms with Crippen molar-refractivity contribution in [2.45, 2.75) is 19.3 Å². The molecule has 0 N–H and O–H groups in total. The predicted molar refractivity (Wildman–Crippen MR) is 195 cm³/mol. The monoisotopic (exact) mass is 593 g/mol. The number of anilines is 3. The zero-order valence-corrected chi connectivity index (χ0v) is 26.1. The van der Waals surface area contributed by atoms with Crippen LogP contribution in [0.1, 0.15) is 25.0 Å². The Morgan fingerprint density at radius 1 is 0.489 bits per heavy atom. The highest BCUT2D eigenvalue weighted by atomic mass is 32.1. The minimum Gasteiger partial charge on any atom is -0.310 e. The van der Waals surface area contributed by atoms with Gasteiger partial charge in [0.25, 0.3) is 0 Å². The van der Waals surface area contributed by atoms with E-state index < -0.39 is 0 Å². The minimum atomic E-state index is -0.0238. The van der Waals surface area contributed by atoms with Crippen LogP contribution < -0.4 is 4.90 Å². The lowest BCUT2D eigenvalue weighted by Gasteiger charge is -2.28. The molecule has 0 saturated carbocycles. The van der Waals surface area contributed by atoms with Crippen LogP contribution in [0.25, 0.3) is 53.2 Å². The van der Waals surface area contributed by atoms with Crippen molar-refractivity contribution in [2.75, 3.05) is 4.90 Å². The van der Waals surface area contributed by atoms with Gasteiger partial charge in [0.1, 0.15) is 0 Å². The van der Waals surface area contributed by atoms with Crippen LogP contribution in [0, 0.1) is 0 Å².